The Bertz CT molecular complexity index is 552. The molecule has 0 spiro atoms. The van der Waals surface area contributed by atoms with Gasteiger partial charge in [0.1, 0.15) is 6.54 Å². The summed E-state index contributed by atoms with van der Waals surface area (Å²) >= 11 is 0. The molecule has 124 valence electrons. The molecule has 2 amide bonds. The predicted molar refractivity (Wildman–Crippen MR) is 86.8 cm³/mol. The molecule has 1 aliphatic rings. The average molecular weight is 330 g/mol. The molecule has 1 aromatic heterocycles. The van der Waals surface area contributed by atoms with Gasteiger partial charge in [-0.25, -0.2) is 0 Å². The zero-order valence-electron chi connectivity index (χ0n) is 13.4. The summed E-state index contributed by atoms with van der Waals surface area (Å²) in [6.07, 6.45) is 3.44. The highest BCUT2D eigenvalue weighted by Gasteiger charge is 2.35. The van der Waals surface area contributed by atoms with Crippen molar-refractivity contribution in [3.63, 3.8) is 0 Å². The van der Waals surface area contributed by atoms with Crippen molar-refractivity contribution in [1.82, 2.24) is 14.7 Å². The van der Waals surface area contributed by atoms with Crippen LogP contribution in [-0.2, 0) is 16.6 Å². The van der Waals surface area contributed by atoms with Crippen molar-refractivity contribution >= 4 is 29.9 Å². The summed E-state index contributed by atoms with van der Waals surface area (Å²) in [5.74, 6) is -0.273. The highest BCUT2D eigenvalue weighted by atomic mass is 35.5. The summed E-state index contributed by atoms with van der Waals surface area (Å²) in [7, 11) is 1.80. The van der Waals surface area contributed by atoms with Gasteiger partial charge in [-0.1, -0.05) is 20.8 Å². The third kappa shape index (κ3) is 3.78. The number of carbonyl (C=O) groups excluding carboxylic acids is 2. The second kappa shape index (κ2) is 6.66. The molecule has 22 heavy (non-hydrogen) atoms. The Morgan fingerprint density at radius 2 is 2.00 bits per heavy atom. The van der Waals surface area contributed by atoms with E-state index in [2.05, 4.69) is 5.10 Å². The number of anilines is 1. The fourth-order valence-corrected chi connectivity index (χ4v) is 2.25. The molecule has 0 radical (unpaired) electrons. The number of carbonyl (C=O) groups is 2. The summed E-state index contributed by atoms with van der Waals surface area (Å²) in [5.41, 5.74) is 6.43. The van der Waals surface area contributed by atoms with E-state index in [9.17, 15) is 9.59 Å². The molecule has 2 heterocycles. The van der Waals surface area contributed by atoms with Gasteiger partial charge < -0.3 is 15.5 Å². The van der Waals surface area contributed by atoms with E-state index in [1.54, 1.807) is 33.9 Å². The lowest BCUT2D eigenvalue weighted by atomic mass is 9.86. The standard InChI is InChI=1S/C14H23N5O2.ClH/c1-14(2,3)12(15)13(21)18-5-6-19(11(20)9-18)10-7-16-17(4)8-10;/h7-8,12H,5-6,9,15H2,1-4H3;1H/t12-;/m1./s1. The minimum Gasteiger partial charge on any atom is -0.330 e. The van der Waals surface area contributed by atoms with Gasteiger partial charge in [0, 0.05) is 26.3 Å². The van der Waals surface area contributed by atoms with E-state index >= 15 is 0 Å². The highest BCUT2D eigenvalue weighted by Crippen LogP contribution is 2.21. The third-order valence-electron chi connectivity index (χ3n) is 3.73. The average Bonchev–Trinajstić information content (AvgIpc) is 2.82. The topological polar surface area (TPSA) is 84.5 Å². The highest BCUT2D eigenvalue weighted by molar-refractivity contribution is 5.98. The van der Waals surface area contributed by atoms with Crippen molar-refractivity contribution in [1.29, 1.82) is 0 Å². The van der Waals surface area contributed by atoms with Gasteiger partial charge in [0.25, 0.3) is 0 Å². The number of nitrogens with zero attached hydrogens (tertiary/aromatic N) is 4. The maximum atomic E-state index is 12.4. The predicted octanol–water partition coefficient (Wildman–Crippen LogP) is 0.391. The lowest BCUT2D eigenvalue weighted by molar-refractivity contribution is -0.139. The fraction of sp³-hybridized carbons (Fsp3) is 0.643. The maximum absolute atomic E-state index is 12.4. The van der Waals surface area contributed by atoms with Crippen molar-refractivity contribution in [2.24, 2.45) is 18.2 Å². The van der Waals surface area contributed by atoms with Crippen molar-refractivity contribution in [2.45, 2.75) is 26.8 Å². The smallest absolute Gasteiger partial charge is 0.246 e. The third-order valence-corrected chi connectivity index (χ3v) is 3.73. The number of piperazine rings is 1. The van der Waals surface area contributed by atoms with Crippen LogP contribution < -0.4 is 10.6 Å². The number of nitrogens with two attached hydrogens (primary N) is 1. The number of halogens is 1. The first-order chi connectivity index (χ1) is 9.70. The molecule has 1 aliphatic heterocycles. The summed E-state index contributed by atoms with van der Waals surface area (Å²) < 4.78 is 1.65. The normalized spacial score (nSPS) is 17.2. The molecule has 1 atom stereocenters. The Morgan fingerprint density at radius 1 is 1.36 bits per heavy atom. The molecule has 0 aromatic carbocycles. The molecule has 1 fully saturated rings. The molecule has 0 aliphatic carbocycles. The van der Waals surface area contributed by atoms with E-state index in [0.29, 0.717) is 13.1 Å². The summed E-state index contributed by atoms with van der Waals surface area (Å²) in [4.78, 5) is 27.8. The number of amides is 2. The largest absolute Gasteiger partial charge is 0.330 e. The van der Waals surface area contributed by atoms with Crippen LogP contribution in [0.2, 0.25) is 0 Å². The van der Waals surface area contributed by atoms with Crippen LogP contribution in [0.25, 0.3) is 0 Å². The number of aryl methyl sites for hydroxylation is 1. The van der Waals surface area contributed by atoms with Gasteiger partial charge in [-0.3, -0.25) is 14.3 Å². The van der Waals surface area contributed by atoms with Crippen LogP contribution in [0.4, 0.5) is 5.69 Å². The van der Waals surface area contributed by atoms with Crippen molar-refractivity contribution < 1.29 is 9.59 Å². The monoisotopic (exact) mass is 329 g/mol. The molecule has 1 aromatic rings. The lowest BCUT2D eigenvalue weighted by Crippen LogP contribution is -2.58. The second-order valence-corrected chi connectivity index (χ2v) is 6.52. The maximum Gasteiger partial charge on any atom is 0.246 e. The first kappa shape index (κ1) is 18.4. The molecule has 0 saturated carbocycles. The van der Waals surface area contributed by atoms with Crippen LogP contribution >= 0.6 is 12.4 Å². The van der Waals surface area contributed by atoms with Gasteiger partial charge >= 0.3 is 0 Å². The van der Waals surface area contributed by atoms with Crippen molar-refractivity contribution in [3.05, 3.63) is 12.4 Å². The number of hydrogen-bond acceptors (Lipinski definition) is 4. The van der Waals surface area contributed by atoms with Gasteiger partial charge in [-0.15, -0.1) is 12.4 Å². The van der Waals surface area contributed by atoms with Crippen LogP contribution in [0.15, 0.2) is 12.4 Å². The van der Waals surface area contributed by atoms with Crippen LogP contribution in [-0.4, -0.2) is 52.2 Å². The Hall–Kier alpha value is -1.60. The zero-order valence-corrected chi connectivity index (χ0v) is 14.3. The van der Waals surface area contributed by atoms with Gasteiger partial charge in [-0.2, -0.15) is 5.10 Å². The first-order valence-corrected chi connectivity index (χ1v) is 7.03. The van der Waals surface area contributed by atoms with E-state index in [0.717, 1.165) is 5.69 Å². The fourth-order valence-electron chi connectivity index (χ4n) is 2.25. The minimum atomic E-state index is -0.602. The van der Waals surface area contributed by atoms with E-state index in [1.807, 2.05) is 20.8 Å². The summed E-state index contributed by atoms with van der Waals surface area (Å²) in [5, 5.41) is 4.06. The molecule has 2 N–H and O–H groups in total. The number of hydrogen-bond donors (Lipinski definition) is 1. The zero-order chi connectivity index (χ0) is 15.8. The molecular formula is C14H24ClN5O2. The van der Waals surface area contributed by atoms with Gasteiger partial charge in [-0.05, 0) is 5.41 Å². The van der Waals surface area contributed by atoms with E-state index in [-0.39, 0.29) is 36.2 Å². The summed E-state index contributed by atoms with van der Waals surface area (Å²) in [6.45, 7) is 6.78. The second-order valence-electron chi connectivity index (χ2n) is 6.52. The minimum absolute atomic E-state index is 0. The number of rotatable bonds is 2. The first-order valence-electron chi connectivity index (χ1n) is 7.03. The molecule has 7 nitrogen and oxygen atoms in total. The van der Waals surface area contributed by atoms with Crippen LogP contribution in [0.5, 0.6) is 0 Å². The SMILES string of the molecule is Cl.Cn1cc(N2CCN(C(=O)[C@@H](N)C(C)(C)C)CC2=O)cn1. The van der Waals surface area contributed by atoms with Crippen molar-refractivity contribution in [2.75, 3.05) is 24.5 Å². The van der Waals surface area contributed by atoms with Gasteiger partial charge in [0.05, 0.1) is 17.9 Å². The molecule has 1 saturated heterocycles. The Kier molecular flexibility index (Phi) is 5.59. The molecule has 2 rings (SSSR count). The molecule has 0 bridgehead atoms. The Labute approximate surface area is 136 Å². The molecular weight excluding hydrogens is 306 g/mol. The van der Waals surface area contributed by atoms with E-state index in [4.69, 9.17) is 5.73 Å². The Morgan fingerprint density at radius 3 is 2.45 bits per heavy atom. The molecule has 0 unspecified atom stereocenters. The summed E-state index contributed by atoms with van der Waals surface area (Å²) in [6, 6.07) is -0.602. The number of aromatic nitrogens is 2. The lowest BCUT2D eigenvalue weighted by Gasteiger charge is -2.37. The van der Waals surface area contributed by atoms with Crippen LogP contribution in [0, 0.1) is 5.41 Å². The quantitative estimate of drug-likeness (QED) is 0.850. The van der Waals surface area contributed by atoms with E-state index in [1.165, 1.54) is 0 Å². The van der Waals surface area contributed by atoms with Crippen LogP contribution in [0.3, 0.4) is 0 Å². The Balaban J connectivity index is 0.00000242. The van der Waals surface area contributed by atoms with E-state index < -0.39 is 6.04 Å². The van der Waals surface area contributed by atoms with Gasteiger partial charge in [0.2, 0.25) is 11.8 Å². The van der Waals surface area contributed by atoms with Crippen molar-refractivity contribution in [3.8, 4) is 0 Å². The van der Waals surface area contributed by atoms with Gasteiger partial charge in [0.15, 0.2) is 0 Å². The molecule has 8 heteroatoms. The van der Waals surface area contributed by atoms with Crippen LogP contribution in [0.1, 0.15) is 20.8 Å².